The number of sulfonamides is 1. The van der Waals surface area contributed by atoms with Crippen LogP contribution in [0, 0.1) is 11.3 Å². The highest BCUT2D eigenvalue weighted by atomic mass is 35.5. The zero-order valence-electron chi connectivity index (χ0n) is 17.4. The Morgan fingerprint density at radius 1 is 1.12 bits per heavy atom. The predicted molar refractivity (Wildman–Crippen MR) is 119 cm³/mol. The van der Waals surface area contributed by atoms with Crippen LogP contribution in [0.2, 0.25) is 5.02 Å². The molecular weight excluding hydrogens is 454 g/mol. The number of piperidine rings is 1. The van der Waals surface area contributed by atoms with Gasteiger partial charge in [-0.1, -0.05) is 18.0 Å². The minimum atomic E-state index is -3.70. The Morgan fingerprint density at radius 2 is 1.78 bits per heavy atom. The number of rotatable bonds is 6. The predicted octanol–water partition coefficient (Wildman–Crippen LogP) is 3.57. The molecule has 1 atom stereocenters. The van der Waals surface area contributed by atoms with Crippen LogP contribution < -0.4 is 5.32 Å². The number of amides is 1. The van der Waals surface area contributed by atoms with Gasteiger partial charge in [0.15, 0.2) is 6.10 Å². The van der Waals surface area contributed by atoms with Gasteiger partial charge in [0.1, 0.15) is 0 Å². The summed E-state index contributed by atoms with van der Waals surface area (Å²) >= 11 is 6.15. The van der Waals surface area contributed by atoms with Crippen LogP contribution in [0.3, 0.4) is 0 Å². The second-order valence-electron chi connectivity index (χ2n) is 7.33. The number of halogens is 1. The van der Waals surface area contributed by atoms with Crippen LogP contribution in [-0.4, -0.2) is 43.8 Å². The molecule has 2 aromatic carbocycles. The lowest BCUT2D eigenvalue weighted by molar-refractivity contribution is -0.123. The van der Waals surface area contributed by atoms with Crippen molar-refractivity contribution in [3.8, 4) is 6.07 Å². The second kappa shape index (κ2) is 10.1. The van der Waals surface area contributed by atoms with Crippen molar-refractivity contribution in [1.82, 2.24) is 4.31 Å². The summed E-state index contributed by atoms with van der Waals surface area (Å²) in [6, 6.07) is 11.8. The maximum absolute atomic E-state index is 12.9. The van der Waals surface area contributed by atoms with Crippen molar-refractivity contribution in [3.63, 3.8) is 0 Å². The third kappa shape index (κ3) is 5.46. The molecule has 0 bridgehead atoms. The number of anilines is 1. The largest absolute Gasteiger partial charge is 0.449 e. The van der Waals surface area contributed by atoms with Gasteiger partial charge in [-0.2, -0.15) is 9.57 Å². The van der Waals surface area contributed by atoms with Crippen LogP contribution in [0.25, 0.3) is 0 Å². The van der Waals surface area contributed by atoms with Gasteiger partial charge in [0.25, 0.3) is 5.91 Å². The molecule has 2 aromatic rings. The Morgan fingerprint density at radius 3 is 2.41 bits per heavy atom. The Hall–Kier alpha value is -2.93. The van der Waals surface area contributed by atoms with E-state index in [1.165, 1.54) is 53.7 Å². The van der Waals surface area contributed by atoms with Crippen LogP contribution in [0.1, 0.15) is 42.1 Å². The number of carbonyl (C=O) groups excluding carboxylic acids is 2. The molecule has 32 heavy (non-hydrogen) atoms. The van der Waals surface area contributed by atoms with Gasteiger partial charge in [0.2, 0.25) is 10.0 Å². The molecule has 0 aliphatic carbocycles. The van der Waals surface area contributed by atoms with E-state index in [-0.39, 0.29) is 21.2 Å². The van der Waals surface area contributed by atoms with Crippen molar-refractivity contribution in [2.45, 2.75) is 37.2 Å². The van der Waals surface area contributed by atoms with Gasteiger partial charge in [0.05, 0.1) is 32.8 Å². The first-order valence-corrected chi connectivity index (χ1v) is 11.9. The van der Waals surface area contributed by atoms with E-state index in [9.17, 15) is 18.0 Å². The van der Waals surface area contributed by atoms with E-state index in [0.717, 1.165) is 19.3 Å². The quantitative estimate of drug-likeness (QED) is 0.638. The van der Waals surface area contributed by atoms with Crippen LogP contribution in [0.4, 0.5) is 5.69 Å². The van der Waals surface area contributed by atoms with E-state index >= 15 is 0 Å². The third-order valence-electron chi connectivity index (χ3n) is 5.05. The fourth-order valence-corrected chi connectivity index (χ4v) is 4.92. The third-order valence-corrected chi connectivity index (χ3v) is 7.28. The molecule has 0 unspecified atom stereocenters. The smallest absolute Gasteiger partial charge is 0.338 e. The number of nitriles is 1. The Labute approximate surface area is 191 Å². The van der Waals surface area contributed by atoms with Gasteiger partial charge < -0.3 is 10.1 Å². The zero-order chi connectivity index (χ0) is 23.3. The molecule has 1 aliphatic heterocycles. The minimum Gasteiger partial charge on any atom is -0.449 e. The molecule has 3 rings (SSSR count). The zero-order valence-corrected chi connectivity index (χ0v) is 18.9. The van der Waals surface area contributed by atoms with Crippen molar-refractivity contribution in [1.29, 1.82) is 5.26 Å². The number of hydrogen-bond acceptors (Lipinski definition) is 6. The van der Waals surface area contributed by atoms with Gasteiger partial charge in [-0.15, -0.1) is 0 Å². The van der Waals surface area contributed by atoms with E-state index in [4.69, 9.17) is 21.6 Å². The normalized spacial score (nSPS) is 15.4. The first-order valence-electron chi connectivity index (χ1n) is 10.0. The van der Waals surface area contributed by atoms with Crippen LogP contribution >= 0.6 is 11.6 Å². The number of nitrogens with zero attached hydrogens (tertiary/aromatic N) is 2. The summed E-state index contributed by atoms with van der Waals surface area (Å²) in [5.74, 6) is -1.40. The molecule has 0 spiro atoms. The number of nitrogens with one attached hydrogen (secondary N) is 1. The maximum Gasteiger partial charge on any atom is 0.338 e. The lowest BCUT2D eigenvalue weighted by atomic mass is 10.1. The molecule has 0 saturated carbocycles. The Balaban J connectivity index is 1.70. The average Bonchev–Trinajstić information content (AvgIpc) is 2.80. The van der Waals surface area contributed by atoms with Crippen LogP contribution in [-0.2, 0) is 19.6 Å². The molecule has 1 heterocycles. The molecule has 0 aromatic heterocycles. The van der Waals surface area contributed by atoms with Gasteiger partial charge in [-0.05, 0) is 62.2 Å². The van der Waals surface area contributed by atoms with Crippen molar-refractivity contribution in [3.05, 3.63) is 58.6 Å². The molecule has 1 saturated heterocycles. The van der Waals surface area contributed by atoms with Gasteiger partial charge in [0, 0.05) is 13.1 Å². The highest BCUT2D eigenvalue weighted by molar-refractivity contribution is 7.89. The van der Waals surface area contributed by atoms with Gasteiger partial charge >= 0.3 is 5.97 Å². The minimum absolute atomic E-state index is 0.0290. The summed E-state index contributed by atoms with van der Waals surface area (Å²) in [7, 11) is -3.70. The van der Waals surface area contributed by atoms with E-state index in [1.807, 2.05) is 6.07 Å². The van der Waals surface area contributed by atoms with Crippen molar-refractivity contribution in [2.24, 2.45) is 0 Å². The molecule has 1 aliphatic rings. The van der Waals surface area contributed by atoms with E-state index in [2.05, 4.69) is 5.32 Å². The number of ether oxygens (including phenoxy) is 1. The summed E-state index contributed by atoms with van der Waals surface area (Å²) in [6.07, 6.45) is 1.43. The molecule has 1 amide bonds. The highest BCUT2D eigenvalue weighted by Crippen LogP contribution is 2.28. The summed E-state index contributed by atoms with van der Waals surface area (Å²) < 4.78 is 32.4. The fraction of sp³-hybridized carbons (Fsp3) is 0.318. The van der Waals surface area contributed by atoms with Gasteiger partial charge in [-0.3, -0.25) is 4.79 Å². The second-order valence-corrected chi connectivity index (χ2v) is 9.68. The van der Waals surface area contributed by atoms with Gasteiger partial charge in [-0.25, -0.2) is 13.2 Å². The van der Waals surface area contributed by atoms with Crippen LogP contribution in [0.5, 0.6) is 0 Å². The number of carbonyl (C=O) groups is 2. The van der Waals surface area contributed by atoms with E-state index in [1.54, 1.807) is 0 Å². The standard InChI is InChI=1S/C22H22ClN3O5S/c1-15(31-22(28)17-7-5-16(14-24)6-8-17)21(27)25-20-13-18(9-10-19(20)23)32(29,30)26-11-3-2-4-12-26/h5-10,13,15H,2-4,11-12H2,1H3,(H,25,27)/t15-/m1/s1. The first kappa shape index (κ1) is 23.7. The number of benzene rings is 2. The molecule has 1 N–H and O–H groups in total. The summed E-state index contributed by atoms with van der Waals surface area (Å²) in [4.78, 5) is 24.8. The molecular formula is C22H22ClN3O5S. The number of esters is 1. The van der Waals surface area contributed by atoms with E-state index < -0.39 is 28.0 Å². The topological polar surface area (TPSA) is 117 Å². The average molecular weight is 476 g/mol. The fourth-order valence-electron chi connectivity index (χ4n) is 3.21. The molecule has 8 nitrogen and oxygen atoms in total. The molecule has 168 valence electrons. The molecule has 1 fully saturated rings. The Kier molecular flexibility index (Phi) is 7.51. The van der Waals surface area contributed by atoms with Crippen LogP contribution in [0.15, 0.2) is 47.4 Å². The number of hydrogen-bond donors (Lipinski definition) is 1. The first-order chi connectivity index (χ1) is 15.2. The van der Waals surface area contributed by atoms with Crippen molar-refractivity contribution in [2.75, 3.05) is 18.4 Å². The molecule has 10 heteroatoms. The summed E-state index contributed by atoms with van der Waals surface area (Å²) in [6.45, 7) is 2.29. The maximum atomic E-state index is 12.9. The SMILES string of the molecule is C[C@@H](OC(=O)c1ccc(C#N)cc1)C(=O)Nc1cc(S(=O)(=O)N2CCCCC2)ccc1Cl. The molecule has 0 radical (unpaired) electrons. The van der Waals surface area contributed by atoms with Crippen molar-refractivity contribution >= 4 is 39.2 Å². The lowest BCUT2D eigenvalue weighted by Gasteiger charge is -2.26. The monoisotopic (exact) mass is 475 g/mol. The summed E-state index contributed by atoms with van der Waals surface area (Å²) in [5, 5.41) is 11.5. The lowest BCUT2D eigenvalue weighted by Crippen LogP contribution is -2.35. The van der Waals surface area contributed by atoms with E-state index in [0.29, 0.717) is 18.7 Å². The Bertz CT molecular complexity index is 1150. The van der Waals surface area contributed by atoms with Crippen molar-refractivity contribution < 1.29 is 22.7 Å². The highest BCUT2D eigenvalue weighted by Gasteiger charge is 2.27. The summed E-state index contributed by atoms with van der Waals surface area (Å²) in [5.41, 5.74) is 0.689.